The number of hydrogen-bond acceptors (Lipinski definition) is 8. The van der Waals surface area contributed by atoms with Gasteiger partial charge in [-0.1, -0.05) is 24.3 Å². The Morgan fingerprint density at radius 3 is 2.72 bits per heavy atom. The largest absolute Gasteiger partial charge is 0.492 e. The number of imidazole rings is 1. The van der Waals surface area contributed by atoms with Crippen LogP contribution in [0, 0.1) is 5.41 Å². The molecule has 0 unspecified atom stereocenters. The minimum atomic E-state index is -2.60. The Hall–Kier alpha value is -4.38. The van der Waals surface area contributed by atoms with E-state index in [1.54, 1.807) is 36.5 Å². The van der Waals surface area contributed by atoms with Crippen molar-refractivity contribution >= 4 is 17.4 Å². The molecule has 39 heavy (non-hydrogen) atoms. The number of rotatable bonds is 11. The van der Waals surface area contributed by atoms with Crippen molar-refractivity contribution in [1.82, 2.24) is 29.6 Å². The van der Waals surface area contributed by atoms with Crippen LogP contribution in [0.3, 0.4) is 0 Å². The summed E-state index contributed by atoms with van der Waals surface area (Å²) in [6.07, 6.45) is 7.99. The normalized spacial score (nSPS) is 15.4. The molecule has 1 fully saturated rings. The monoisotopic (exact) mass is 533 g/mol. The molecule has 1 aliphatic rings. The Bertz CT molecular complexity index is 1470. The van der Waals surface area contributed by atoms with Crippen molar-refractivity contribution in [3.8, 4) is 23.0 Å². The first kappa shape index (κ1) is 26.2. The quantitative estimate of drug-likeness (QED) is 0.277. The number of ether oxygens (including phenoxy) is 2. The molecule has 0 bridgehead atoms. The van der Waals surface area contributed by atoms with Crippen molar-refractivity contribution < 1.29 is 18.3 Å². The SMILES string of the molecule is CN/C=C(\C=N)c1ccc(COc2cc(-c3cnc4cc(OCCN5CCC(F)(F)C5)ccn34)ncn2)cc1. The van der Waals surface area contributed by atoms with Crippen LogP contribution < -0.4 is 14.8 Å². The van der Waals surface area contributed by atoms with E-state index in [2.05, 4.69) is 20.3 Å². The van der Waals surface area contributed by atoms with E-state index in [1.165, 1.54) is 12.5 Å². The number of nitrogens with one attached hydrogen (secondary N) is 2. The zero-order valence-corrected chi connectivity index (χ0v) is 21.5. The van der Waals surface area contributed by atoms with E-state index in [-0.39, 0.29) is 13.0 Å². The van der Waals surface area contributed by atoms with Gasteiger partial charge in [-0.25, -0.2) is 23.7 Å². The molecule has 4 aromatic rings. The second kappa shape index (κ2) is 11.6. The van der Waals surface area contributed by atoms with Gasteiger partial charge in [-0.2, -0.15) is 0 Å². The molecule has 9 nitrogen and oxygen atoms in total. The molecule has 1 aliphatic heterocycles. The average Bonchev–Trinajstić information content (AvgIpc) is 3.53. The van der Waals surface area contributed by atoms with Crippen LogP contribution in [-0.4, -0.2) is 69.7 Å². The lowest BCUT2D eigenvalue weighted by atomic mass is 10.1. The smallest absolute Gasteiger partial charge is 0.261 e. The van der Waals surface area contributed by atoms with Crippen molar-refractivity contribution in [3.63, 3.8) is 0 Å². The summed E-state index contributed by atoms with van der Waals surface area (Å²) in [5.74, 6) is -1.54. The van der Waals surface area contributed by atoms with Crippen LogP contribution in [0.15, 0.2) is 67.4 Å². The highest BCUT2D eigenvalue weighted by Crippen LogP contribution is 2.27. The zero-order valence-electron chi connectivity index (χ0n) is 21.5. The van der Waals surface area contributed by atoms with Crippen molar-refractivity contribution in [2.45, 2.75) is 19.0 Å². The molecule has 0 radical (unpaired) electrons. The third-order valence-electron chi connectivity index (χ3n) is 6.44. The Morgan fingerprint density at radius 1 is 1.13 bits per heavy atom. The van der Waals surface area contributed by atoms with E-state index >= 15 is 0 Å². The lowest BCUT2D eigenvalue weighted by Crippen LogP contribution is -2.29. The van der Waals surface area contributed by atoms with Crippen molar-refractivity contribution in [2.75, 3.05) is 33.3 Å². The third-order valence-corrected chi connectivity index (χ3v) is 6.44. The molecular weight excluding hydrogens is 504 g/mol. The number of fused-ring (bicyclic) bond motifs is 1. The number of pyridine rings is 1. The first-order chi connectivity index (χ1) is 18.9. The van der Waals surface area contributed by atoms with Crippen molar-refractivity contribution in [2.24, 2.45) is 0 Å². The molecular formula is C28H29F2N7O2. The summed E-state index contributed by atoms with van der Waals surface area (Å²) in [5.41, 5.74) is 4.78. The highest BCUT2D eigenvalue weighted by Gasteiger charge is 2.37. The molecule has 3 aromatic heterocycles. The van der Waals surface area contributed by atoms with Crippen LogP contribution in [0.5, 0.6) is 11.6 Å². The first-order valence-electron chi connectivity index (χ1n) is 12.6. The van der Waals surface area contributed by atoms with E-state index in [9.17, 15) is 8.78 Å². The van der Waals surface area contributed by atoms with Crippen molar-refractivity contribution in [1.29, 1.82) is 5.41 Å². The van der Waals surface area contributed by atoms with E-state index < -0.39 is 5.92 Å². The Labute approximate surface area is 224 Å². The number of hydrogen-bond donors (Lipinski definition) is 2. The van der Waals surface area contributed by atoms with Crippen LogP contribution in [0.25, 0.3) is 22.6 Å². The fourth-order valence-corrected chi connectivity index (χ4v) is 4.40. The zero-order chi connectivity index (χ0) is 27.2. The molecule has 0 atom stereocenters. The average molecular weight is 534 g/mol. The second-order valence-electron chi connectivity index (χ2n) is 9.22. The number of nitrogens with zero attached hydrogens (tertiary/aromatic N) is 5. The van der Waals surface area contributed by atoms with Gasteiger partial charge in [0.1, 0.15) is 30.9 Å². The summed E-state index contributed by atoms with van der Waals surface area (Å²) in [4.78, 5) is 14.8. The van der Waals surface area contributed by atoms with Gasteiger partial charge in [-0.05, 0) is 17.2 Å². The Morgan fingerprint density at radius 2 is 1.97 bits per heavy atom. The maximum Gasteiger partial charge on any atom is 0.261 e. The molecule has 0 saturated carbocycles. The maximum absolute atomic E-state index is 13.4. The molecule has 1 aromatic carbocycles. The van der Waals surface area contributed by atoms with Gasteiger partial charge in [0, 0.05) is 62.9 Å². The number of likely N-dealkylation sites (tertiary alicyclic amines) is 1. The molecule has 0 spiro atoms. The van der Waals surface area contributed by atoms with Gasteiger partial charge in [0.15, 0.2) is 0 Å². The summed E-state index contributed by atoms with van der Waals surface area (Å²) in [6, 6.07) is 13.2. The van der Waals surface area contributed by atoms with E-state index in [1.807, 2.05) is 40.9 Å². The molecule has 5 rings (SSSR count). The second-order valence-corrected chi connectivity index (χ2v) is 9.22. The Kier molecular flexibility index (Phi) is 7.78. The van der Waals surface area contributed by atoms with Crippen LogP contribution in [0.4, 0.5) is 8.78 Å². The van der Waals surface area contributed by atoms with Gasteiger partial charge in [0.2, 0.25) is 5.88 Å². The number of benzene rings is 1. The predicted molar refractivity (Wildman–Crippen MR) is 144 cm³/mol. The third kappa shape index (κ3) is 6.37. The molecule has 11 heteroatoms. The maximum atomic E-state index is 13.4. The lowest BCUT2D eigenvalue weighted by molar-refractivity contribution is 0.0113. The van der Waals surface area contributed by atoms with Gasteiger partial charge in [-0.3, -0.25) is 9.30 Å². The van der Waals surface area contributed by atoms with Crippen LogP contribution >= 0.6 is 0 Å². The van der Waals surface area contributed by atoms with Gasteiger partial charge >= 0.3 is 0 Å². The minimum Gasteiger partial charge on any atom is -0.492 e. The standard InChI is InChI=1S/C28H29F2N7O2/c1-32-15-22(14-31)21-4-2-20(3-5-21)17-39-27-13-24(34-19-35-27)25-16-33-26-12-23(6-8-37(25)26)38-11-10-36-9-7-28(29,30)18-36/h2-6,8,12-16,19,31-32H,7,9-11,17-18H2,1H3/b22-15+,31-14?. The first-order valence-corrected chi connectivity index (χ1v) is 12.6. The van der Waals surface area contributed by atoms with E-state index in [0.29, 0.717) is 49.3 Å². The molecule has 2 N–H and O–H groups in total. The van der Waals surface area contributed by atoms with Gasteiger partial charge in [-0.15, -0.1) is 0 Å². The highest BCUT2D eigenvalue weighted by atomic mass is 19.3. The van der Waals surface area contributed by atoms with E-state index in [4.69, 9.17) is 14.9 Å². The molecule has 1 saturated heterocycles. The Balaban J connectivity index is 1.21. The summed E-state index contributed by atoms with van der Waals surface area (Å²) >= 11 is 0. The molecule has 0 aliphatic carbocycles. The van der Waals surface area contributed by atoms with Gasteiger partial charge in [0.05, 0.1) is 24.1 Å². The molecule has 202 valence electrons. The fraction of sp³-hybridized carbons (Fsp3) is 0.286. The summed E-state index contributed by atoms with van der Waals surface area (Å²) < 4.78 is 40.3. The van der Waals surface area contributed by atoms with Crippen LogP contribution in [-0.2, 0) is 6.61 Å². The number of halogens is 2. The summed E-state index contributed by atoms with van der Waals surface area (Å²) in [6.45, 7) is 1.28. The van der Waals surface area contributed by atoms with Crippen molar-refractivity contribution in [3.05, 3.63) is 78.5 Å². The number of allylic oxidation sites excluding steroid dienone is 1. The topological polar surface area (TPSA) is 101 Å². The lowest BCUT2D eigenvalue weighted by Gasteiger charge is -2.15. The van der Waals surface area contributed by atoms with Gasteiger partial charge < -0.3 is 20.2 Å². The minimum absolute atomic E-state index is 0.0964. The van der Waals surface area contributed by atoms with Crippen LogP contribution in [0.2, 0.25) is 0 Å². The number of aromatic nitrogens is 4. The summed E-state index contributed by atoms with van der Waals surface area (Å²) in [7, 11) is 1.80. The van der Waals surface area contributed by atoms with Crippen LogP contribution in [0.1, 0.15) is 17.5 Å². The van der Waals surface area contributed by atoms with Gasteiger partial charge in [0.25, 0.3) is 5.92 Å². The highest BCUT2D eigenvalue weighted by molar-refractivity contribution is 6.08. The molecule has 0 amide bonds. The predicted octanol–water partition coefficient (Wildman–Crippen LogP) is 4.30. The molecule has 4 heterocycles. The fourth-order valence-electron chi connectivity index (χ4n) is 4.40. The van der Waals surface area contributed by atoms with E-state index in [0.717, 1.165) is 22.4 Å². The number of alkyl halides is 2. The summed E-state index contributed by atoms with van der Waals surface area (Å²) in [5, 5.41) is 10.5.